The van der Waals surface area contributed by atoms with Crippen molar-refractivity contribution in [2.45, 2.75) is 19.9 Å². The fourth-order valence-electron chi connectivity index (χ4n) is 4.74. The lowest BCUT2D eigenvalue weighted by Gasteiger charge is -2.25. The van der Waals surface area contributed by atoms with E-state index >= 15 is 0 Å². The quantitative estimate of drug-likeness (QED) is 0.336. The van der Waals surface area contributed by atoms with E-state index < -0.39 is 29.7 Å². The Morgan fingerprint density at radius 1 is 1.03 bits per heavy atom. The molecule has 0 aliphatic carbocycles. The highest BCUT2D eigenvalue weighted by molar-refractivity contribution is 6.24. The van der Waals surface area contributed by atoms with Crippen LogP contribution in [0.3, 0.4) is 0 Å². The summed E-state index contributed by atoms with van der Waals surface area (Å²) in [4.78, 5) is 58.7. The average molecular weight is 459 g/mol. The van der Waals surface area contributed by atoms with Gasteiger partial charge < -0.3 is 14.4 Å². The van der Waals surface area contributed by atoms with Crippen LogP contribution in [0.1, 0.15) is 34.6 Å². The summed E-state index contributed by atoms with van der Waals surface area (Å²) in [6.07, 6.45) is 1.56. The van der Waals surface area contributed by atoms with Crippen molar-refractivity contribution < 1.29 is 28.7 Å². The van der Waals surface area contributed by atoms with E-state index in [0.29, 0.717) is 22.3 Å². The molecule has 0 bridgehead atoms. The Morgan fingerprint density at radius 3 is 2.32 bits per heavy atom. The molecule has 34 heavy (non-hydrogen) atoms. The van der Waals surface area contributed by atoms with Crippen LogP contribution < -0.4 is 14.4 Å². The second kappa shape index (κ2) is 7.95. The lowest BCUT2D eigenvalue weighted by atomic mass is 10.0. The molecule has 1 saturated heterocycles. The van der Waals surface area contributed by atoms with E-state index in [1.54, 1.807) is 49.5 Å². The van der Waals surface area contributed by atoms with Crippen molar-refractivity contribution in [3.8, 4) is 11.5 Å². The Bertz CT molecular complexity index is 1350. The number of esters is 1. The third-order valence-electron chi connectivity index (χ3n) is 6.17. The Labute approximate surface area is 194 Å². The molecule has 0 saturated carbocycles. The fraction of sp³-hybridized carbons (Fsp3) is 0.240. The van der Waals surface area contributed by atoms with Crippen molar-refractivity contribution >= 4 is 40.3 Å². The number of carbonyl (C=O) groups excluding carboxylic acids is 4. The molecule has 1 aromatic heterocycles. The third-order valence-corrected chi connectivity index (χ3v) is 6.17. The molecule has 0 N–H and O–H groups in total. The Hall–Kier alpha value is -4.27. The van der Waals surface area contributed by atoms with Gasteiger partial charge in [0, 0.05) is 37.0 Å². The van der Waals surface area contributed by atoms with Gasteiger partial charge in [0.15, 0.2) is 5.75 Å². The first-order valence-corrected chi connectivity index (χ1v) is 10.8. The monoisotopic (exact) mass is 459 g/mol. The van der Waals surface area contributed by atoms with Gasteiger partial charge in [0.25, 0.3) is 17.7 Å². The largest absolute Gasteiger partial charge is 0.496 e. The predicted molar refractivity (Wildman–Crippen MR) is 122 cm³/mol. The summed E-state index contributed by atoms with van der Waals surface area (Å²) in [5.74, 6) is -1.85. The van der Waals surface area contributed by atoms with Crippen molar-refractivity contribution in [3.05, 3.63) is 59.8 Å². The SMILES string of the molecule is COc1cc(OC(C)=O)c(N2C[C@@H](C)[C@H](N3C(=O)c4ccccc4C3=O)C2=O)c2ncccc12. The van der Waals surface area contributed by atoms with Gasteiger partial charge in [0.2, 0.25) is 0 Å². The van der Waals surface area contributed by atoms with Crippen molar-refractivity contribution in [1.82, 2.24) is 9.88 Å². The van der Waals surface area contributed by atoms with Crippen LogP contribution in [0.2, 0.25) is 0 Å². The fourth-order valence-corrected chi connectivity index (χ4v) is 4.74. The van der Waals surface area contributed by atoms with Gasteiger partial charge in [-0.2, -0.15) is 0 Å². The molecule has 0 unspecified atom stereocenters. The average Bonchev–Trinajstić information content (AvgIpc) is 3.24. The number of amides is 3. The molecule has 9 nitrogen and oxygen atoms in total. The lowest BCUT2D eigenvalue weighted by molar-refractivity contribution is -0.132. The molecule has 0 spiro atoms. The second-order valence-electron chi connectivity index (χ2n) is 8.32. The van der Waals surface area contributed by atoms with Crippen molar-refractivity contribution in [1.29, 1.82) is 0 Å². The molecule has 3 heterocycles. The molecule has 2 aliphatic heterocycles. The van der Waals surface area contributed by atoms with E-state index in [4.69, 9.17) is 9.47 Å². The number of pyridine rings is 1. The van der Waals surface area contributed by atoms with Crippen LogP contribution >= 0.6 is 0 Å². The first kappa shape index (κ1) is 21.6. The summed E-state index contributed by atoms with van der Waals surface area (Å²) in [5, 5.41) is 0.625. The van der Waals surface area contributed by atoms with Crippen LogP contribution in [0.25, 0.3) is 10.9 Å². The van der Waals surface area contributed by atoms with Crippen LogP contribution in [-0.4, -0.2) is 53.3 Å². The Morgan fingerprint density at radius 2 is 1.71 bits per heavy atom. The maximum Gasteiger partial charge on any atom is 0.308 e. The molecule has 5 rings (SSSR count). The summed E-state index contributed by atoms with van der Waals surface area (Å²) in [6.45, 7) is 3.26. The predicted octanol–water partition coefficient (Wildman–Crippen LogP) is 2.82. The van der Waals surface area contributed by atoms with Gasteiger partial charge in [0.1, 0.15) is 23.0 Å². The minimum absolute atomic E-state index is 0.110. The molecule has 2 aromatic carbocycles. The van der Waals surface area contributed by atoms with Gasteiger partial charge in [-0.05, 0) is 24.3 Å². The number of anilines is 1. The van der Waals surface area contributed by atoms with Crippen LogP contribution in [0.15, 0.2) is 48.7 Å². The molecule has 3 amide bonds. The number of aromatic nitrogens is 1. The highest BCUT2D eigenvalue weighted by atomic mass is 16.5. The van der Waals surface area contributed by atoms with E-state index in [0.717, 1.165) is 4.90 Å². The molecular formula is C25H21N3O6. The zero-order chi connectivity index (χ0) is 24.1. The molecule has 2 atom stereocenters. The number of methoxy groups -OCH3 is 1. The number of ether oxygens (including phenoxy) is 2. The minimum Gasteiger partial charge on any atom is -0.496 e. The van der Waals surface area contributed by atoms with Crippen LogP contribution in [0.4, 0.5) is 5.69 Å². The summed E-state index contributed by atoms with van der Waals surface area (Å²) < 4.78 is 10.9. The normalized spacial score (nSPS) is 19.7. The number of fused-ring (bicyclic) bond motifs is 2. The van der Waals surface area contributed by atoms with Crippen LogP contribution in [-0.2, 0) is 9.59 Å². The van der Waals surface area contributed by atoms with E-state index in [-0.39, 0.29) is 29.3 Å². The number of nitrogens with zero attached hydrogens (tertiary/aromatic N) is 3. The summed E-state index contributed by atoms with van der Waals surface area (Å²) in [5.41, 5.74) is 1.26. The molecule has 2 aliphatic rings. The van der Waals surface area contributed by atoms with Crippen molar-refractivity contribution in [3.63, 3.8) is 0 Å². The van der Waals surface area contributed by atoms with E-state index in [2.05, 4.69) is 4.98 Å². The molecule has 172 valence electrons. The zero-order valence-electron chi connectivity index (χ0n) is 18.8. The first-order chi connectivity index (χ1) is 16.3. The zero-order valence-corrected chi connectivity index (χ0v) is 18.8. The first-order valence-electron chi connectivity index (χ1n) is 10.8. The van der Waals surface area contributed by atoms with Gasteiger partial charge >= 0.3 is 5.97 Å². The third kappa shape index (κ3) is 3.12. The van der Waals surface area contributed by atoms with Gasteiger partial charge in [-0.15, -0.1) is 0 Å². The number of rotatable bonds is 4. The lowest BCUT2D eigenvalue weighted by Crippen LogP contribution is -2.47. The summed E-state index contributed by atoms with van der Waals surface area (Å²) >= 11 is 0. The highest BCUT2D eigenvalue weighted by Gasteiger charge is 2.51. The van der Waals surface area contributed by atoms with Gasteiger partial charge in [-0.25, -0.2) is 0 Å². The summed E-state index contributed by atoms with van der Waals surface area (Å²) in [6, 6.07) is 10.6. The maximum atomic E-state index is 13.8. The van der Waals surface area contributed by atoms with Crippen molar-refractivity contribution in [2.75, 3.05) is 18.6 Å². The van der Waals surface area contributed by atoms with Gasteiger partial charge in [-0.3, -0.25) is 29.1 Å². The van der Waals surface area contributed by atoms with E-state index in [1.807, 2.05) is 0 Å². The Kier molecular flexibility index (Phi) is 5.04. The van der Waals surface area contributed by atoms with Gasteiger partial charge in [0.05, 0.1) is 18.2 Å². The number of imide groups is 1. The topological polar surface area (TPSA) is 106 Å². The second-order valence-corrected chi connectivity index (χ2v) is 8.32. The van der Waals surface area contributed by atoms with E-state index in [1.165, 1.54) is 25.0 Å². The van der Waals surface area contributed by atoms with E-state index in [9.17, 15) is 19.2 Å². The van der Waals surface area contributed by atoms with Gasteiger partial charge in [-0.1, -0.05) is 19.1 Å². The highest BCUT2D eigenvalue weighted by Crippen LogP contribution is 2.44. The minimum atomic E-state index is -1.00. The molecule has 9 heteroatoms. The van der Waals surface area contributed by atoms with Crippen LogP contribution in [0.5, 0.6) is 11.5 Å². The standard InChI is InChI=1S/C25H21N3O6/c1-13-12-27(25(32)21(13)28-23(30)15-7-4-5-8-16(15)24(28)31)22-19(34-14(2)29)11-18(33-3)17-9-6-10-26-20(17)22/h4-11,13,21H,12H2,1-3H3/t13-,21+/m1/s1. The van der Waals surface area contributed by atoms with Crippen LogP contribution in [0, 0.1) is 5.92 Å². The molecule has 1 fully saturated rings. The molecule has 3 aromatic rings. The smallest absolute Gasteiger partial charge is 0.308 e. The Balaban J connectivity index is 1.62. The van der Waals surface area contributed by atoms with Crippen molar-refractivity contribution in [2.24, 2.45) is 5.92 Å². The number of hydrogen-bond acceptors (Lipinski definition) is 7. The number of benzene rings is 2. The maximum absolute atomic E-state index is 13.8. The molecule has 0 radical (unpaired) electrons. The molecular weight excluding hydrogens is 438 g/mol. The summed E-state index contributed by atoms with van der Waals surface area (Å²) in [7, 11) is 1.49. The number of carbonyl (C=O) groups is 4. The number of hydrogen-bond donors (Lipinski definition) is 0.